The molecule has 0 aliphatic carbocycles. The second kappa shape index (κ2) is 11.3. The molecule has 3 rings (SSSR count). The first kappa shape index (κ1) is 24.7. The van der Waals surface area contributed by atoms with Crippen molar-refractivity contribution >= 4 is 33.4 Å². The monoisotopic (exact) mass is 490 g/mol. The number of carbonyl (C=O) groups is 1. The minimum atomic E-state index is -4.10. The molecular formula is C24H24F2N2O3S2. The van der Waals surface area contributed by atoms with E-state index in [1.54, 1.807) is 42.5 Å². The Balaban J connectivity index is 1.64. The molecule has 3 aromatic rings. The average Bonchev–Trinajstić information content (AvgIpc) is 2.79. The van der Waals surface area contributed by atoms with Gasteiger partial charge in [0.05, 0.1) is 10.6 Å². The first-order chi connectivity index (χ1) is 15.8. The molecule has 0 spiro atoms. The lowest BCUT2D eigenvalue weighted by molar-refractivity contribution is -0.119. The van der Waals surface area contributed by atoms with Crippen LogP contribution >= 0.6 is 11.8 Å². The van der Waals surface area contributed by atoms with Crippen molar-refractivity contribution < 1.29 is 22.0 Å². The van der Waals surface area contributed by atoms with Crippen molar-refractivity contribution in [1.29, 1.82) is 0 Å². The summed E-state index contributed by atoms with van der Waals surface area (Å²) in [6.07, 6.45) is 0. The summed E-state index contributed by atoms with van der Waals surface area (Å²) in [5, 5.41) is 2.71. The number of nitrogens with zero attached hydrogens (tertiary/aromatic N) is 1. The number of thioether (sulfide) groups is 1. The molecule has 174 valence electrons. The topological polar surface area (TPSA) is 66.5 Å². The van der Waals surface area contributed by atoms with Gasteiger partial charge in [-0.25, -0.2) is 17.2 Å². The lowest BCUT2D eigenvalue weighted by Crippen LogP contribution is -2.41. The van der Waals surface area contributed by atoms with Gasteiger partial charge in [-0.1, -0.05) is 35.9 Å². The number of hydrogen-bond donors (Lipinski definition) is 1. The fourth-order valence-corrected chi connectivity index (χ4v) is 5.27. The third-order valence-electron chi connectivity index (χ3n) is 4.79. The van der Waals surface area contributed by atoms with Gasteiger partial charge in [0.1, 0.15) is 18.2 Å². The molecule has 1 N–H and O–H groups in total. The van der Waals surface area contributed by atoms with Crippen LogP contribution in [-0.2, 0) is 20.6 Å². The van der Waals surface area contributed by atoms with Crippen molar-refractivity contribution in [3.63, 3.8) is 0 Å². The van der Waals surface area contributed by atoms with E-state index in [0.717, 1.165) is 22.0 Å². The first-order valence-electron chi connectivity index (χ1n) is 10.2. The summed E-state index contributed by atoms with van der Waals surface area (Å²) < 4.78 is 54.4. The number of rotatable bonds is 10. The maximum absolute atomic E-state index is 13.7. The molecule has 0 radical (unpaired) electrons. The van der Waals surface area contributed by atoms with E-state index in [9.17, 15) is 22.0 Å². The van der Waals surface area contributed by atoms with E-state index in [-0.39, 0.29) is 10.7 Å². The summed E-state index contributed by atoms with van der Waals surface area (Å²) >= 11 is 1.46. The standard InChI is InChI=1S/C24H24F2N2O3S2/c1-18-6-10-21(11-7-18)28(33(30,31)22-12-8-20(25)9-13-22)16-24(29)27-14-15-32-17-19-4-2-3-5-23(19)26/h2-13H,14-17H2,1H3,(H,27,29). The van der Waals surface area contributed by atoms with Crippen LogP contribution in [-0.4, -0.2) is 33.2 Å². The van der Waals surface area contributed by atoms with E-state index >= 15 is 0 Å². The Morgan fingerprint density at radius 1 is 0.970 bits per heavy atom. The molecule has 0 saturated heterocycles. The molecule has 33 heavy (non-hydrogen) atoms. The number of benzene rings is 3. The summed E-state index contributed by atoms with van der Waals surface area (Å²) in [7, 11) is -4.10. The van der Waals surface area contributed by atoms with Crippen molar-refractivity contribution in [2.24, 2.45) is 0 Å². The number of halogens is 2. The normalized spacial score (nSPS) is 11.2. The highest BCUT2D eigenvalue weighted by molar-refractivity contribution is 7.98. The highest BCUT2D eigenvalue weighted by Crippen LogP contribution is 2.24. The van der Waals surface area contributed by atoms with Crippen molar-refractivity contribution in [2.45, 2.75) is 17.6 Å². The van der Waals surface area contributed by atoms with Crippen LogP contribution in [0.15, 0.2) is 77.7 Å². The molecule has 0 atom stereocenters. The van der Waals surface area contributed by atoms with Gasteiger partial charge in [-0.15, -0.1) is 0 Å². The van der Waals surface area contributed by atoms with E-state index in [1.807, 2.05) is 6.92 Å². The third kappa shape index (κ3) is 6.79. The summed E-state index contributed by atoms with van der Waals surface area (Å²) in [4.78, 5) is 12.5. The SMILES string of the molecule is Cc1ccc(N(CC(=O)NCCSCc2ccccc2F)S(=O)(=O)c2ccc(F)cc2)cc1. The van der Waals surface area contributed by atoms with E-state index in [1.165, 1.54) is 30.0 Å². The van der Waals surface area contributed by atoms with Gasteiger partial charge in [-0.05, 0) is 55.0 Å². The zero-order valence-corrected chi connectivity index (χ0v) is 19.6. The molecule has 3 aromatic carbocycles. The molecule has 0 aromatic heterocycles. The van der Waals surface area contributed by atoms with E-state index in [2.05, 4.69) is 5.32 Å². The summed E-state index contributed by atoms with van der Waals surface area (Å²) in [6, 6.07) is 17.7. The van der Waals surface area contributed by atoms with Crippen molar-refractivity contribution in [1.82, 2.24) is 5.32 Å². The number of hydrogen-bond acceptors (Lipinski definition) is 4. The molecule has 0 aliphatic heterocycles. The van der Waals surface area contributed by atoms with Crippen LogP contribution in [0.2, 0.25) is 0 Å². The van der Waals surface area contributed by atoms with Gasteiger partial charge in [0.15, 0.2) is 0 Å². The lowest BCUT2D eigenvalue weighted by atomic mass is 10.2. The van der Waals surface area contributed by atoms with Crippen LogP contribution < -0.4 is 9.62 Å². The fourth-order valence-electron chi connectivity index (χ4n) is 3.01. The van der Waals surface area contributed by atoms with Gasteiger partial charge in [0.25, 0.3) is 10.0 Å². The molecule has 5 nitrogen and oxygen atoms in total. The number of aryl methyl sites for hydroxylation is 1. The van der Waals surface area contributed by atoms with E-state index in [0.29, 0.717) is 29.3 Å². The molecule has 0 aliphatic rings. The second-order valence-electron chi connectivity index (χ2n) is 7.30. The average molecular weight is 491 g/mol. The number of nitrogens with one attached hydrogen (secondary N) is 1. The summed E-state index contributed by atoms with van der Waals surface area (Å²) in [5.74, 6) is -0.297. The maximum atomic E-state index is 13.7. The van der Waals surface area contributed by atoms with Crippen LogP contribution in [0.1, 0.15) is 11.1 Å². The van der Waals surface area contributed by atoms with E-state index in [4.69, 9.17) is 0 Å². The quantitative estimate of drug-likeness (QED) is 0.425. The molecule has 9 heteroatoms. The number of sulfonamides is 1. The lowest BCUT2D eigenvalue weighted by Gasteiger charge is -2.24. The maximum Gasteiger partial charge on any atom is 0.264 e. The van der Waals surface area contributed by atoms with Crippen LogP contribution in [0.25, 0.3) is 0 Å². The third-order valence-corrected chi connectivity index (χ3v) is 7.59. The summed E-state index contributed by atoms with van der Waals surface area (Å²) in [5.41, 5.74) is 1.85. The predicted octanol–water partition coefficient (Wildman–Crippen LogP) is 4.52. The minimum Gasteiger partial charge on any atom is -0.354 e. The number of anilines is 1. The molecule has 0 unspecified atom stereocenters. The van der Waals surface area contributed by atoms with Crippen LogP contribution in [0.4, 0.5) is 14.5 Å². The highest BCUT2D eigenvalue weighted by Gasteiger charge is 2.27. The Morgan fingerprint density at radius 3 is 2.30 bits per heavy atom. The first-order valence-corrected chi connectivity index (χ1v) is 12.8. The molecule has 0 bridgehead atoms. The highest BCUT2D eigenvalue weighted by atomic mass is 32.2. The van der Waals surface area contributed by atoms with Gasteiger partial charge in [0.2, 0.25) is 5.91 Å². The Kier molecular flexibility index (Phi) is 8.46. The fraction of sp³-hybridized carbons (Fsp3) is 0.208. The minimum absolute atomic E-state index is 0.113. The number of amides is 1. The van der Waals surface area contributed by atoms with Gasteiger partial charge in [-0.2, -0.15) is 11.8 Å². The largest absolute Gasteiger partial charge is 0.354 e. The Labute approximate surface area is 196 Å². The van der Waals surface area contributed by atoms with Gasteiger partial charge >= 0.3 is 0 Å². The molecule has 1 amide bonds. The zero-order chi connectivity index (χ0) is 23.8. The van der Waals surface area contributed by atoms with Gasteiger partial charge in [-0.3, -0.25) is 9.10 Å². The van der Waals surface area contributed by atoms with Crippen LogP contribution in [0, 0.1) is 18.6 Å². The zero-order valence-electron chi connectivity index (χ0n) is 18.0. The van der Waals surface area contributed by atoms with Crippen molar-refractivity contribution in [3.05, 3.63) is 95.6 Å². The van der Waals surface area contributed by atoms with Crippen LogP contribution in [0.5, 0.6) is 0 Å². The number of carbonyl (C=O) groups excluding carboxylic acids is 1. The summed E-state index contributed by atoms with van der Waals surface area (Å²) in [6.45, 7) is 1.74. The van der Waals surface area contributed by atoms with Crippen molar-refractivity contribution in [3.8, 4) is 0 Å². The Hall–Kier alpha value is -2.91. The smallest absolute Gasteiger partial charge is 0.264 e. The molecule has 0 heterocycles. The second-order valence-corrected chi connectivity index (χ2v) is 10.3. The van der Waals surface area contributed by atoms with E-state index < -0.39 is 28.3 Å². The van der Waals surface area contributed by atoms with Gasteiger partial charge in [0, 0.05) is 18.1 Å². The van der Waals surface area contributed by atoms with Gasteiger partial charge < -0.3 is 5.32 Å². The van der Waals surface area contributed by atoms with Crippen LogP contribution in [0.3, 0.4) is 0 Å². The Morgan fingerprint density at radius 2 is 1.64 bits per heavy atom. The Bertz CT molecular complexity index is 1190. The molecular weight excluding hydrogens is 466 g/mol. The molecule has 0 saturated carbocycles. The predicted molar refractivity (Wildman–Crippen MR) is 128 cm³/mol. The molecule has 0 fully saturated rings. The van der Waals surface area contributed by atoms with Crippen molar-refractivity contribution in [2.75, 3.05) is 23.1 Å².